The summed E-state index contributed by atoms with van der Waals surface area (Å²) < 4.78 is 0. The van der Waals surface area contributed by atoms with Crippen molar-refractivity contribution >= 4 is 0 Å². The Hall–Kier alpha value is 0. The summed E-state index contributed by atoms with van der Waals surface area (Å²) in [7, 11) is 0. The van der Waals surface area contributed by atoms with Gasteiger partial charge >= 0.3 is 0 Å². The summed E-state index contributed by atoms with van der Waals surface area (Å²) in [6.07, 6.45) is 24.7. The first kappa shape index (κ1) is 18.8. The van der Waals surface area contributed by atoms with Crippen LogP contribution in [0.25, 0.3) is 0 Å². The molecule has 140 valence electrons. The molecule has 0 atom stereocenters. The summed E-state index contributed by atoms with van der Waals surface area (Å²) >= 11 is 0. The van der Waals surface area contributed by atoms with Crippen LogP contribution in [-0.2, 0) is 0 Å². The third kappa shape index (κ3) is 5.50. The maximum absolute atomic E-state index is 2.39. The van der Waals surface area contributed by atoms with E-state index in [1.54, 1.807) is 64.2 Å². The Balaban J connectivity index is 1.30. The number of rotatable bonds is 6. The zero-order valence-electron chi connectivity index (χ0n) is 16.8. The highest BCUT2D eigenvalue weighted by Crippen LogP contribution is 2.42. The molecule has 0 heterocycles. The molecule has 3 aliphatic carbocycles. The predicted octanol–water partition coefficient (Wildman–Crippen LogP) is 8.01. The van der Waals surface area contributed by atoms with E-state index in [0.29, 0.717) is 0 Å². The van der Waals surface area contributed by atoms with Crippen molar-refractivity contribution < 1.29 is 0 Å². The van der Waals surface area contributed by atoms with Gasteiger partial charge in [0.1, 0.15) is 0 Å². The van der Waals surface area contributed by atoms with Crippen molar-refractivity contribution in [3.05, 3.63) is 0 Å². The van der Waals surface area contributed by atoms with Crippen molar-refractivity contribution in [1.29, 1.82) is 0 Å². The Morgan fingerprint density at radius 1 is 0.375 bits per heavy atom. The molecular weight excluding hydrogens is 288 g/mol. The molecular formula is C24H44. The van der Waals surface area contributed by atoms with Crippen LogP contribution >= 0.6 is 0 Å². The normalized spacial score (nSPS) is 41.2. The van der Waals surface area contributed by atoms with Crippen molar-refractivity contribution in [2.45, 2.75) is 117 Å². The first-order chi connectivity index (χ1) is 11.8. The van der Waals surface area contributed by atoms with E-state index < -0.39 is 0 Å². The van der Waals surface area contributed by atoms with Crippen molar-refractivity contribution in [3.8, 4) is 0 Å². The summed E-state index contributed by atoms with van der Waals surface area (Å²) in [6, 6.07) is 0. The Labute approximate surface area is 152 Å². The molecule has 0 bridgehead atoms. The second kappa shape index (κ2) is 9.63. The van der Waals surface area contributed by atoms with Crippen LogP contribution < -0.4 is 0 Å². The molecule has 0 amide bonds. The zero-order chi connectivity index (χ0) is 16.8. The molecule has 3 saturated carbocycles. The second-order valence-electron chi connectivity index (χ2n) is 9.95. The first-order valence-corrected chi connectivity index (χ1v) is 11.8. The average molecular weight is 333 g/mol. The van der Waals surface area contributed by atoms with Gasteiger partial charge in [-0.3, -0.25) is 0 Å². The quantitative estimate of drug-likeness (QED) is 0.462. The average Bonchev–Trinajstić information content (AvgIpc) is 2.65. The summed E-state index contributed by atoms with van der Waals surface area (Å²) in [5, 5.41) is 0. The smallest absolute Gasteiger partial charge is 0.0411 e. The SMILES string of the molecule is CCC1CCC(CC2CCC(CC3CCC(CC)CC3)CC2)CC1. The highest BCUT2D eigenvalue weighted by Gasteiger charge is 2.28. The van der Waals surface area contributed by atoms with E-state index in [4.69, 9.17) is 0 Å². The van der Waals surface area contributed by atoms with E-state index in [1.807, 2.05) is 0 Å². The van der Waals surface area contributed by atoms with E-state index in [1.165, 1.54) is 38.5 Å². The summed E-state index contributed by atoms with van der Waals surface area (Å²) in [5.41, 5.74) is 0. The van der Waals surface area contributed by atoms with Crippen LogP contribution in [0.5, 0.6) is 0 Å². The van der Waals surface area contributed by atoms with Gasteiger partial charge in [-0.25, -0.2) is 0 Å². The first-order valence-electron chi connectivity index (χ1n) is 11.8. The monoisotopic (exact) mass is 332 g/mol. The third-order valence-electron chi connectivity index (χ3n) is 8.39. The third-order valence-corrected chi connectivity index (χ3v) is 8.39. The van der Waals surface area contributed by atoms with E-state index in [0.717, 1.165) is 35.5 Å². The van der Waals surface area contributed by atoms with Gasteiger partial charge in [0.15, 0.2) is 0 Å². The molecule has 3 fully saturated rings. The topological polar surface area (TPSA) is 0 Å². The van der Waals surface area contributed by atoms with Crippen LogP contribution in [0.3, 0.4) is 0 Å². The molecule has 0 aromatic heterocycles. The van der Waals surface area contributed by atoms with Crippen LogP contribution in [0.15, 0.2) is 0 Å². The highest BCUT2D eigenvalue weighted by atomic mass is 14.3. The molecule has 0 aliphatic heterocycles. The van der Waals surface area contributed by atoms with E-state index in [2.05, 4.69) is 13.8 Å². The summed E-state index contributed by atoms with van der Waals surface area (Å²) in [6.45, 7) is 4.78. The predicted molar refractivity (Wildman–Crippen MR) is 106 cm³/mol. The Bertz CT molecular complexity index is 288. The van der Waals surface area contributed by atoms with Gasteiger partial charge in [-0.2, -0.15) is 0 Å². The highest BCUT2D eigenvalue weighted by molar-refractivity contribution is 4.81. The lowest BCUT2D eigenvalue weighted by molar-refractivity contribution is 0.163. The fourth-order valence-electron chi connectivity index (χ4n) is 6.40. The fraction of sp³-hybridized carbons (Fsp3) is 1.00. The molecule has 0 N–H and O–H groups in total. The lowest BCUT2D eigenvalue weighted by Gasteiger charge is -2.36. The summed E-state index contributed by atoms with van der Waals surface area (Å²) in [4.78, 5) is 0. The molecule has 0 radical (unpaired) electrons. The molecule has 0 nitrogen and oxygen atoms in total. The van der Waals surface area contributed by atoms with Crippen molar-refractivity contribution in [2.24, 2.45) is 35.5 Å². The maximum Gasteiger partial charge on any atom is -0.0411 e. The van der Waals surface area contributed by atoms with E-state index in [9.17, 15) is 0 Å². The van der Waals surface area contributed by atoms with Gasteiger partial charge in [0.05, 0.1) is 0 Å². The molecule has 0 aromatic carbocycles. The van der Waals surface area contributed by atoms with Crippen LogP contribution in [0.4, 0.5) is 0 Å². The Morgan fingerprint density at radius 3 is 0.792 bits per heavy atom. The molecule has 3 aliphatic rings. The van der Waals surface area contributed by atoms with E-state index >= 15 is 0 Å². The molecule has 0 aromatic rings. The van der Waals surface area contributed by atoms with Gasteiger partial charge in [-0.05, 0) is 48.3 Å². The van der Waals surface area contributed by atoms with Crippen LogP contribution in [0.2, 0.25) is 0 Å². The van der Waals surface area contributed by atoms with Crippen LogP contribution in [0, 0.1) is 35.5 Å². The lowest BCUT2D eigenvalue weighted by Crippen LogP contribution is -2.23. The van der Waals surface area contributed by atoms with Gasteiger partial charge in [0.25, 0.3) is 0 Å². The largest absolute Gasteiger partial charge is 0.0651 e. The van der Waals surface area contributed by atoms with Crippen LogP contribution in [0.1, 0.15) is 117 Å². The minimum Gasteiger partial charge on any atom is -0.0651 e. The molecule has 0 unspecified atom stereocenters. The van der Waals surface area contributed by atoms with E-state index in [-0.39, 0.29) is 0 Å². The molecule has 3 rings (SSSR count). The lowest BCUT2D eigenvalue weighted by atomic mass is 9.70. The maximum atomic E-state index is 2.39. The van der Waals surface area contributed by atoms with Gasteiger partial charge in [0.2, 0.25) is 0 Å². The molecule has 0 saturated heterocycles. The molecule has 0 spiro atoms. The van der Waals surface area contributed by atoms with Gasteiger partial charge in [-0.15, -0.1) is 0 Å². The van der Waals surface area contributed by atoms with Crippen molar-refractivity contribution in [2.75, 3.05) is 0 Å². The van der Waals surface area contributed by atoms with Gasteiger partial charge in [0, 0.05) is 0 Å². The van der Waals surface area contributed by atoms with Crippen molar-refractivity contribution in [1.82, 2.24) is 0 Å². The zero-order valence-corrected chi connectivity index (χ0v) is 16.8. The number of hydrogen-bond acceptors (Lipinski definition) is 0. The Morgan fingerprint density at radius 2 is 0.583 bits per heavy atom. The molecule has 0 heteroatoms. The van der Waals surface area contributed by atoms with Gasteiger partial charge < -0.3 is 0 Å². The second-order valence-corrected chi connectivity index (χ2v) is 9.95. The van der Waals surface area contributed by atoms with Crippen LogP contribution in [-0.4, -0.2) is 0 Å². The molecule has 24 heavy (non-hydrogen) atoms. The Kier molecular flexibility index (Phi) is 7.54. The minimum absolute atomic E-state index is 1.07. The van der Waals surface area contributed by atoms with Gasteiger partial charge in [-0.1, -0.05) is 104 Å². The minimum atomic E-state index is 1.07. The fourth-order valence-corrected chi connectivity index (χ4v) is 6.40. The number of hydrogen-bond donors (Lipinski definition) is 0. The standard InChI is InChI=1S/C24H44/c1-3-19-5-9-21(10-6-19)17-23-13-15-24(16-14-23)18-22-11-7-20(4-2)8-12-22/h19-24H,3-18H2,1-2H3. The van der Waals surface area contributed by atoms with Crippen molar-refractivity contribution in [3.63, 3.8) is 0 Å². The summed E-state index contributed by atoms with van der Waals surface area (Å²) in [5.74, 6) is 6.53.